The van der Waals surface area contributed by atoms with Crippen LogP contribution in [0.2, 0.25) is 0 Å². The van der Waals surface area contributed by atoms with E-state index in [1.54, 1.807) is 6.20 Å². The third-order valence-electron chi connectivity index (χ3n) is 4.75. The lowest BCUT2D eigenvalue weighted by atomic mass is 10.1. The van der Waals surface area contributed by atoms with Crippen molar-refractivity contribution in [1.29, 1.82) is 0 Å². The van der Waals surface area contributed by atoms with Crippen LogP contribution in [0.15, 0.2) is 65.1 Å². The second-order valence-electron chi connectivity index (χ2n) is 7.02. The number of para-hydroxylation sites is 1. The number of anilines is 1. The van der Waals surface area contributed by atoms with Crippen LogP contribution in [0.3, 0.4) is 0 Å². The smallest absolute Gasteiger partial charge is 0.326 e. The quantitative estimate of drug-likeness (QED) is 0.263. The normalized spacial score (nSPS) is 11.9. The third kappa shape index (κ3) is 5.65. The molecule has 4 aromatic rings. The number of hydrogen-bond donors (Lipinski definition) is 4. The summed E-state index contributed by atoms with van der Waals surface area (Å²) in [6.07, 6.45) is 1.98. The minimum atomic E-state index is -1.07. The van der Waals surface area contributed by atoms with Crippen molar-refractivity contribution in [2.75, 3.05) is 11.1 Å². The van der Waals surface area contributed by atoms with Gasteiger partial charge in [0.25, 0.3) is 0 Å². The lowest BCUT2D eigenvalue weighted by Crippen LogP contribution is -2.43. The highest BCUT2D eigenvalue weighted by Gasteiger charge is 2.22. The van der Waals surface area contributed by atoms with Gasteiger partial charge in [0.05, 0.1) is 5.75 Å². The number of fused-ring (bicyclic) bond motifs is 1. The van der Waals surface area contributed by atoms with Crippen molar-refractivity contribution >= 4 is 51.0 Å². The fraction of sp³-hybridized carbons (Fsp3) is 0.182. The Bertz CT molecular complexity index is 1210. The van der Waals surface area contributed by atoms with Gasteiger partial charge in [-0.3, -0.25) is 4.79 Å². The number of aromatic nitrogens is 3. The molecule has 0 aliphatic carbocycles. The molecule has 0 radical (unpaired) electrons. The highest BCUT2D eigenvalue weighted by molar-refractivity contribution is 8.01. The van der Waals surface area contributed by atoms with Gasteiger partial charge in [0.1, 0.15) is 6.04 Å². The summed E-state index contributed by atoms with van der Waals surface area (Å²) in [6.45, 7) is 0.634. The first-order valence-electron chi connectivity index (χ1n) is 9.90. The largest absolute Gasteiger partial charge is 0.480 e. The SMILES string of the molecule is O=C(CSc1nnc(NCc2ccccc2)s1)NC(Cc1c[nH]c2ccccc12)C(=O)O. The molecule has 1 amide bonds. The molecular formula is C22H21N5O3S2. The van der Waals surface area contributed by atoms with Gasteiger partial charge in [0.2, 0.25) is 11.0 Å². The minimum Gasteiger partial charge on any atom is -0.480 e. The van der Waals surface area contributed by atoms with Crippen LogP contribution >= 0.6 is 23.1 Å². The summed E-state index contributed by atoms with van der Waals surface area (Å²) >= 11 is 2.58. The number of aromatic amines is 1. The zero-order chi connectivity index (χ0) is 22.3. The lowest BCUT2D eigenvalue weighted by molar-refractivity contribution is -0.141. The predicted octanol–water partition coefficient (Wildman–Crippen LogP) is 3.54. The maximum absolute atomic E-state index is 12.4. The number of nitrogens with one attached hydrogen (secondary N) is 3. The fourth-order valence-electron chi connectivity index (χ4n) is 3.20. The summed E-state index contributed by atoms with van der Waals surface area (Å²) < 4.78 is 0.638. The van der Waals surface area contributed by atoms with Crippen molar-refractivity contribution in [2.45, 2.75) is 23.3 Å². The lowest BCUT2D eigenvalue weighted by Gasteiger charge is -2.13. The number of carboxylic acids is 1. The summed E-state index contributed by atoms with van der Waals surface area (Å²) in [5.74, 6) is -1.38. The predicted molar refractivity (Wildman–Crippen MR) is 126 cm³/mol. The monoisotopic (exact) mass is 467 g/mol. The van der Waals surface area contributed by atoms with E-state index in [4.69, 9.17) is 0 Å². The molecule has 0 aliphatic heterocycles. The summed E-state index contributed by atoms with van der Waals surface area (Å²) in [5, 5.41) is 25.2. The third-order valence-corrected chi connectivity index (χ3v) is 6.77. The van der Waals surface area contributed by atoms with Crippen LogP contribution in [-0.4, -0.2) is 44.0 Å². The van der Waals surface area contributed by atoms with Gasteiger partial charge in [0, 0.05) is 30.1 Å². The molecule has 1 unspecified atom stereocenters. The van der Waals surface area contributed by atoms with E-state index in [9.17, 15) is 14.7 Å². The van der Waals surface area contributed by atoms with Gasteiger partial charge in [-0.15, -0.1) is 10.2 Å². The zero-order valence-corrected chi connectivity index (χ0v) is 18.6. The molecule has 2 aromatic carbocycles. The van der Waals surface area contributed by atoms with E-state index >= 15 is 0 Å². The minimum absolute atomic E-state index is 0.0605. The highest BCUT2D eigenvalue weighted by atomic mass is 32.2. The fourth-order valence-corrected chi connectivity index (χ4v) is 4.76. The van der Waals surface area contributed by atoms with Gasteiger partial charge in [0.15, 0.2) is 4.34 Å². The Labute approximate surface area is 192 Å². The summed E-state index contributed by atoms with van der Waals surface area (Å²) in [6, 6.07) is 16.6. The van der Waals surface area contributed by atoms with E-state index in [0.29, 0.717) is 16.0 Å². The number of aliphatic carboxylic acids is 1. The number of carbonyl (C=O) groups is 2. The molecule has 0 spiro atoms. The van der Waals surface area contributed by atoms with Crippen LogP contribution in [0, 0.1) is 0 Å². The van der Waals surface area contributed by atoms with Crippen LogP contribution in [0.4, 0.5) is 5.13 Å². The van der Waals surface area contributed by atoms with E-state index in [-0.39, 0.29) is 18.1 Å². The van der Waals surface area contributed by atoms with Gasteiger partial charge in [-0.25, -0.2) is 4.79 Å². The Hall–Kier alpha value is -3.37. The first-order valence-corrected chi connectivity index (χ1v) is 11.7. The van der Waals surface area contributed by atoms with Gasteiger partial charge < -0.3 is 20.7 Å². The first-order chi connectivity index (χ1) is 15.6. The van der Waals surface area contributed by atoms with E-state index in [1.807, 2.05) is 54.6 Å². The topological polar surface area (TPSA) is 120 Å². The van der Waals surface area contributed by atoms with Crippen molar-refractivity contribution in [3.05, 3.63) is 71.9 Å². The second-order valence-corrected chi connectivity index (χ2v) is 9.22. The first kappa shape index (κ1) is 21.8. The standard InChI is InChI=1S/C22H21N5O3S2/c28-19(13-31-22-27-26-21(32-22)24-11-14-6-2-1-3-7-14)25-18(20(29)30)10-15-12-23-17-9-5-4-8-16(15)17/h1-9,12,18,23H,10-11,13H2,(H,24,26)(H,25,28)(H,29,30). The average Bonchev–Trinajstić information content (AvgIpc) is 3.43. The van der Waals surface area contributed by atoms with Crippen molar-refractivity contribution in [3.8, 4) is 0 Å². The Kier molecular flexibility index (Phi) is 7.03. The number of nitrogens with zero attached hydrogens (tertiary/aromatic N) is 2. The van der Waals surface area contributed by atoms with Crippen LogP contribution in [0.5, 0.6) is 0 Å². The molecule has 0 aliphatic rings. The molecule has 0 bridgehead atoms. The van der Waals surface area contributed by atoms with E-state index in [1.165, 1.54) is 23.1 Å². The number of H-pyrrole nitrogens is 1. The van der Waals surface area contributed by atoms with Crippen molar-refractivity contribution in [3.63, 3.8) is 0 Å². The summed E-state index contributed by atoms with van der Waals surface area (Å²) in [7, 11) is 0. The maximum Gasteiger partial charge on any atom is 0.326 e. The molecule has 4 N–H and O–H groups in total. The van der Waals surface area contributed by atoms with Crippen molar-refractivity contribution < 1.29 is 14.7 Å². The van der Waals surface area contributed by atoms with Gasteiger partial charge in [-0.05, 0) is 17.2 Å². The molecular weight excluding hydrogens is 446 g/mol. The summed E-state index contributed by atoms with van der Waals surface area (Å²) in [5.41, 5.74) is 2.91. The Morgan fingerprint density at radius 1 is 1.09 bits per heavy atom. The molecule has 4 rings (SSSR count). The number of thioether (sulfide) groups is 1. The van der Waals surface area contributed by atoms with Crippen LogP contribution in [-0.2, 0) is 22.6 Å². The van der Waals surface area contributed by atoms with Gasteiger partial charge in [-0.1, -0.05) is 71.6 Å². The molecule has 8 nitrogen and oxygen atoms in total. The zero-order valence-electron chi connectivity index (χ0n) is 16.9. The van der Waals surface area contributed by atoms with Crippen molar-refractivity contribution in [2.24, 2.45) is 0 Å². The van der Waals surface area contributed by atoms with Crippen LogP contribution < -0.4 is 10.6 Å². The van der Waals surface area contributed by atoms with E-state index in [2.05, 4.69) is 25.8 Å². The molecule has 1 atom stereocenters. The second kappa shape index (κ2) is 10.3. The maximum atomic E-state index is 12.4. The van der Waals surface area contributed by atoms with E-state index < -0.39 is 12.0 Å². The Balaban J connectivity index is 1.28. The Morgan fingerprint density at radius 3 is 2.69 bits per heavy atom. The molecule has 0 saturated heterocycles. The molecule has 2 aromatic heterocycles. The van der Waals surface area contributed by atoms with Crippen molar-refractivity contribution in [1.82, 2.24) is 20.5 Å². The number of amides is 1. The summed E-state index contributed by atoms with van der Waals surface area (Å²) in [4.78, 5) is 27.2. The highest BCUT2D eigenvalue weighted by Crippen LogP contribution is 2.26. The number of carbonyl (C=O) groups excluding carboxylic acids is 1. The molecule has 164 valence electrons. The van der Waals surface area contributed by atoms with E-state index in [0.717, 1.165) is 22.0 Å². The molecule has 32 heavy (non-hydrogen) atoms. The van der Waals surface area contributed by atoms with Gasteiger partial charge >= 0.3 is 5.97 Å². The Morgan fingerprint density at radius 2 is 1.88 bits per heavy atom. The number of carboxylic acid groups (broad SMARTS) is 1. The molecule has 0 saturated carbocycles. The van der Waals surface area contributed by atoms with Gasteiger partial charge in [-0.2, -0.15) is 0 Å². The van der Waals surface area contributed by atoms with Crippen LogP contribution in [0.1, 0.15) is 11.1 Å². The molecule has 2 heterocycles. The molecule has 10 heteroatoms. The van der Waals surface area contributed by atoms with Crippen LogP contribution in [0.25, 0.3) is 10.9 Å². The number of rotatable bonds is 10. The average molecular weight is 468 g/mol. The number of hydrogen-bond acceptors (Lipinski definition) is 7. The molecule has 0 fully saturated rings. The number of benzene rings is 2.